The molecule has 4 rings (SSSR count). The van der Waals surface area contributed by atoms with Gasteiger partial charge in [-0.3, -0.25) is 9.69 Å². The Morgan fingerprint density at radius 1 is 1.00 bits per heavy atom. The van der Waals surface area contributed by atoms with E-state index in [1.807, 2.05) is 25.1 Å². The van der Waals surface area contributed by atoms with Crippen molar-refractivity contribution in [2.45, 2.75) is 45.3 Å². The highest BCUT2D eigenvalue weighted by atomic mass is 16.1. The minimum absolute atomic E-state index is 0.0418. The maximum Gasteiger partial charge on any atom is 0.220 e. The van der Waals surface area contributed by atoms with Crippen LogP contribution in [0.2, 0.25) is 0 Å². The molecule has 7 heteroatoms. The molecular weight excluding hydrogens is 412 g/mol. The number of hydrogen-bond acceptors (Lipinski definition) is 5. The van der Waals surface area contributed by atoms with E-state index in [0.717, 1.165) is 50.7 Å². The quantitative estimate of drug-likeness (QED) is 0.576. The Bertz CT molecular complexity index is 1040. The van der Waals surface area contributed by atoms with E-state index in [1.54, 1.807) is 0 Å². The summed E-state index contributed by atoms with van der Waals surface area (Å²) in [4.78, 5) is 17.1. The van der Waals surface area contributed by atoms with Crippen molar-refractivity contribution < 1.29 is 4.79 Å². The summed E-state index contributed by atoms with van der Waals surface area (Å²) >= 11 is 0. The molecule has 0 radical (unpaired) electrons. The Hall–Kier alpha value is -3.19. The maximum atomic E-state index is 12.5. The van der Waals surface area contributed by atoms with E-state index in [-0.39, 0.29) is 11.9 Å². The summed E-state index contributed by atoms with van der Waals surface area (Å²) in [5.41, 5.74) is 3.70. The van der Waals surface area contributed by atoms with Gasteiger partial charge in [0.05, 0.1) is 6.04 Å². The van der Waals surface area contributed by atoms with Gasteiger partial charge in [-0.05, 0) is 36.6 Å². The molecule has 1 aliphatic rings. The first kappa shape index (κ1) is 23.0. The summed E-state index contributed by atoms with van der Waals surface area (Å²) in [6.07, 6.45) is 2.06. The third kappa shape index (κ3) is 5.99. The van der Waals surface area contributed by atoms with E-state index in [4.69, 9.17) is 0 Å². The van der Waals surface area contributed by atoms with Crippen LogP contribution in [0.3, 0.4) is 0 Å². The molecule has 2 aromatic carbocycles. The lowest BCUT2D eigenvalue weighted by Gasteiger charge is -2.21. The largest absolute Gasteiger partial charge is 0.378 e. The lowest BCUT2D eigenvalue weighted by atomic mass is 10.1. The molecule has 1 unspecified atom stereocenters. The fourth-order valence-corrected chi connectivity index (χ4v) is 4.31. The number of aryl methyl sites for hydroxylation is 1. The predicted molar refractivity (Wildman–Crippen MR) is 131 cm³/mol. The second-order valence-electron chi connectivity index (χ2n) is 8.99. The summed E-state index contributed by atoms with van der Waals surface area (Å²) < 4.78 is 2.19. The second kappa shape index (κ2) is 10.6. The zero-order valence-corrected chi connectivity index (χ0v) is 19.9. The van der Waals surface area contributed by atoms with Crippen molar-refractivity contribution >= 4 is 11.6 Å². The SMILES string of the molecule is CC(NC(=O)CCc1ccccc1)c1nnc2n1CCN(Cc1ccc(N(C)C)cc1)CC2. The summed E-state index contributed by atoms with van der Waals surface area (Å²) in [5.74, 6) is 1.89. The van der Waals surface area contributed by atoms with Crippen LogP contribution in [-0.4, -0.2) is 52.8 Å². The van der Waals surface area contributed by atoms with Crippen molar-refractivity contribution in [2.75, 3.05) is 32.1 Å². The Balaban J connectivity index is 1.32. The van der Waals surface area contributed by atoms with Gasteiger partial charge in [0.25, 0.3) is 0 Å². The number of aromatic nitrogens is 3. The van der Waals surface area contributed by atoms with E-state index in [1.165, 1.54) is 16.8 Å². The predicted octanol–water partition coefficient (Wildman–Crippen LogP) is 3.21. The van der Waals surface area contributed by atoms with Gasteiger partial charge < -0.3 is 14.8 Å². The van der Waals surface area contributed by atoms with E-state index in [0.29, 0.717) is 6.42 Å². The number of nitrogens with zero attached hydrogens (tertiary/aromatic N) is 5. The van der Waals surface area contributed by atoms with Crippen molar-refractivity contribution in [1.82, 2.24) is 25.0 Å². The molecule has 1 aliphatic heterocycles. The molecule has 7 nitrogen and oxygen atoms in total. The fraction of sp³-hybridized carbons (Fsp3) is 0.423. The Morgan fingerprint density at radius 2 is 1.76 bits per heavy atom. The van der Waals surface area contributed by atoms with Crippen LogP contribution in [0.15, 0.2) is 54.6 Å². The topological polar surface area (TPSA) is 66.3 Å². The van der Waals surface area contributed by atoms with Crippen LogP contribution in [0.25, 0.3) is 0 Å². The van der Waals surface area contributed by atoms with Gasteiger partial charge in [0.1, 0.15) is 5.82 Å². The zero-order valence-electron chi connectivity index (χ0n) is 19.9. The van der Waals surface area contributed by atoms with Gasteiger partial charge in [0.15, 0.2) is 5.82 Å². The first-order chi connectivity index (χ1) is 16.0. The number of anilines is 1. The van der Waals surface area contributed by atoms with Crippen LogP contribution in [-0.2, 0) is 30.7 Å². The fourth-order valence-electron chi connectivity index (χ4n) is 4.31. The van der Waals surface area contributed by atoms with Crippen LogP contribution in [0.5, 0.6) is 0 Å². The summed E-state index contributed by atoms with van der Waals surface area (Å²) in [5, 5.41) is 12.0. The highest BCUT2D eigenvalue weighted by Crippen LogP contribution is 2.18. The molecule has 1 atom stereocenters. The van der Waals surface area contributed by atoms with Gasteiger partial charge in [-0.2, -0.15) is 0 Å². The first-order valence-corrected chi connectivity index (χ1v) is 11.7. The molecular formula is C26H34N6O. The molecule has 1 amide bonds. The van der Waals surface area contributed by atoms with Gasteiger partial charge in [-0.25, -0.2) is 0 Å². The Kier molecular flexibility index (Phi) is 7.40. The number of carbonyl (C=O) groups excluding carboxylic acids is 1. The van der Waals surface area contributed by atoms with Crippen molar-refractivity contribution in [2.24, 2.45) is 0 Å². The lowest BCUT2D eigenvalue weighted by Crippen LogP contribution is -2.30. The molecule has 2 heterocycles. The van der Waals surface area contributed by atoms with E-state index in [9.17, 15) is 4.79 Å². The van der Waals surface area contributed by atoms with Crippen LogP contribution in [0.1, 0.15) is 42.2 Å². The minimum Gasteiger partial charge on any atom is -0.378 e. The minimum atomic E-state index is -0.167. The molecule has 3 aromatic rings. The molecule has 0 saturated heterocycles. The van der Waals surface area contributed by atoms with E-state index in [2.05, 4.69) is 80.4 Å². The number of rotatable bonds is 8. The zero-order chi connectivity index (χ0) is 23.2. The van der Waals surface area contributed by atoms with Crippen molar-refractivity contribution in [1.29, 1.82) is 0 Å². The molecule has 0 fully saturated rings. The first-order valence-electron chi connectivity index (χ1n) is 11.7. The number of fused-ring (bicyclic) bond motifs is 1. The normalized spacial score (nSPS) is 14.9. The lowest BCUT2D eigenvalue weighted by molar-refractivity contribution is -0.121. The van der Waals surface area contributed by atoms with Gasteiger partial charge in [-0.15, -0.1) is 10.2 Å². The number of benzene rings is 2. The molecule has 0 bridgehead atoms. The van der Waals surface area contributed by atoms with Crippen LogP contribution in [0.4, 0.5) is 5.69 Å². The number of hydrogen-bond donors (Lipinski definition) is 1. The average Bonchev–Trinajstić information content (AvgIpc) is 3.13. The van der Waals surface area contributed by atoms with Crippen LogP contribution < -0.4 is 10.2 Å². The summed E-state index contributed by atoms with van der Waals surface area (Å²) in [6.45, 7) is 5.63. The van der Waals surface area contributed by atoms with E-state index >= 15 is 0 Å². The van der Waals surface area contributed by atoms with Crippen LogP contribution in [0, 0.1) is 0 Å². The van der Waals surface area contributed by atoms with E-state index < -0.39 is 0 Å². The molecule has 0 aliphatic carbocycles. The van der Waals surface area contributed by atoms with Crippen molar-refractivity contribution in [3.63, 3.8) is 0 Å². The molecule has 1 N–H and O–H groups in total. The smallest absolute Gasteiger partial charge is 0.220 e. The van der Waals surface area contributed by atoms with Gasteiger partial charge in [0, 0.05) is 58.8 Å². The standard InChI is InChI=1S/C26H34N6O/c1-20(27-25(33)14-11-21-7-5-4-6-8-21)26-29-28-24-15-16-31(17-18-32(24)26)19-22-9-12-23(13-10-22)30(2)3/h4-10,12-13,20H,11,14-19H2,1-3H3,(H,27,33). The Labute approximate surface area is 196 Å². The second-order valence-corrected chi connectivity index (χ2v) is 8.99. The number of carbonyl (C=O) groups is 1. The molecule has 1 aromatic heterocycles. The molecule has 0 saturated carbocycles. The van der Waals surface area contributed by atoms with Gasteiger partial charge in [-0.1, -0.05) is 42.5 Å². The van der Waals surface area contributed by atoms with Crippen LogP contribution >= 0.6 is 0 Å². The molecule has 174 valence electrons. The third-order valence-electron chi connectivity index (χ3n) is 6.25. The third-order valence-corrected chi connectivity index (χ3v) is 6.25. The highest BCUT2D eigenvalue weighted by molar-refractivity contribution is 5.76. The highest BCUT2D eigenvalue weighted by Gasteiger charge is 2.22. The van der Waals surface area contributed by atoms with Crippen molar-refractivity contribution in [3.8, 4) is 0 Å². The van der Waals surface area contributed by atoms with Gasteiger partial charge >= 0.3 is 0 Å². The number of amides is 1. The van der Waals surface area contributed by atoms with Gasteiger partial charge in [0.2, 0.25) is 5.91 Å². The average molecular weight is 447 g/mol. The summed E-state index contributed by atoms with van der Waals surface area (Å²) in [6, 6.07) is 18.7. The summed E-state index contributed by atoms with van der Waals surface area (Å²) in [7, 11) is 4.12. The molecule has 0 spiro atoms. The maximum absolute atomic E-state index is 12.5. The Morgan fingerprint density at radius 3 is 2.48 bits per heavy atom. The monoisotopic (exact) mass is 446 g/mol. The van der Waals surface area contributed by atoms with Crippen molar-refractivity contribution in [3.05, 3.63) is 77.4 Å². The molecule has 33 heavy (non-hydrogen) atoms. The number of nitrogens with one attached hydrogen (secondary N) is 1.